The number of carbonyl (C=O) groups excluding carboxylic acids is 2. The summed E-state index contributed by atoms with van der Waals surface area (Å²) in [4.78, 5) is 39.0. The molecule has 0 aliphatic carbocycles. The molecule has 2 unspecified atom stereocenters. The first-order valence-electron chi connectivity index (χ1n) is 10.1. The third-order valence-electron chi connectivity index (χ3n) is 5.30. The lowest BCUT2D eigenvalue weighted by Crippen LogP contribution is -2.52. The van der Waals surface area contributed by atoms with Crippen molar-refractivity contribution in [2.75, 3.05) is 0 Å². The number of H-pyrrole nitrogens is 1. The molecule has 0 spiro atoms. The van der Waals surface area contributed by atoms with Gasteiger partial charge in [-0.05, 0) is 43.2 Å². The molecule has 4 aromatic rings. The molecule has 0 radical (unpaired) electrons. The Morgan fingerprint density at radius 3 is 2.72 bits per heavy atom. The normalized spacial score (nSPS) is 13.1. The number of aliphatic carboxylic acids is 1. The van der Waals surface area contributed by atoms with E-state index in [1.54, 1.807) is 25.3 Å². The second-order valence-electron chi connectivity index (χ2n) is 7.61. The van der Waals surface area contributed by atoms with Crippen LogP contribution in [-0.4, -0.2) is 29.0 Å². The number of aryl methyl sites for hydroxylation is 1. The van der Waals surface area contributed by atoms with Gasteiger partial charge in [-0.1, -0.05) is 18.2 Å². The van der Waals surface area contributed by atoms with E-state index in [4.69, 9.17) is 9.15 Å². The lowest BCUT2D eigenvalue weighted by Gasteiger charge is -2.22. The largest absolute Gasteiger partial charge is 0.548 e. The Morgan fingerprint density at radius 1 is 1.16 bits per heavy atom. The fraction of sp³-hybridized carbons (Fsp3) is 0.208. The van der Waals surface area contributed by atoms with Crippen molar-refractivity contribution < 1.29 is 23.8 Å². The van der Waals surface area contributed by atoms with Crippen LogP contribution >= 0.6 is 0 Å². The van der Waals surface area contributed by atoms with Gasteiger partial charge in [-0.2, -0.15) is 0 Å². The number of amides is 1. The fourth-order valence-electron chi connectivity index (χ4n) is 3.64. The molecule has 0 saturated heterocycles. The van der Waals surface area contributed by atoms with Gasteiger partial charge >= 0.3 is 5.63 Å². The SMILES string of the molecule is Cc1cc(=O)oc2cc(OC(C)C(=O)NC(Cc3c[nH]c4ccccc34)C(=O)[O-])ccc12. The predicted molar refractivity (Wildman–Crippen MR) is 116 cm³/mol. The summed E-state index contributed by atoms with van der Waals surface area (Å²) in [6.07, 6.45) is 0.789. The van der Waals surface area contributed by atoms with Gasteiger partial charge in [-0.15, -0.1) is 0 Å². The molecule has 0 aliphatic rings. The fourth-order valence-corrected chi connectivity index (χ4v) is 3.64. The summed E-state index contributed by atoms with van der Waals surface area (Å²) in [6, 6.07) is 12.6. The Kier molecular flexibility index (Phi) is 5.68. The first-order chi connectivity index (χ1) is 15.3. The number of rotatable bonds is 7. The van der Waals surface area contributed by atoms with Crippen molar-refractivity contribution >= 4 is 33.7 Å². The summed E-state index contributed by atoms with van der Waals surface area (Å²) in [5.41, 5.74) is 2.26. The molecule has 4 rings (SSSR count). The van der Waals surface area contributed by atoms with E-state index < -0.39 is 29.6 Å². The van der Waals surface area contributed by atoms with Crippen LogP contribution in [0.25, 0.3) is 21.9 Å². The molecule has 2 N–H and O–H groups in total. The third-order valence-corrected chi connectivity index (χ3v) is 5.30. The van der Waals surface area contributed by atoms with E-state index >= 15 is 0 Å². The molecular weight excluding hydrogens is 412 g/mol. The number of aromatic amines is 1. The molecule has 2 aromatic heterocycles. The standard InChI is InChI=1S/C24H22N2O6/c1-13-9-22(27)32-21-11-16(7-8-17(13)21)31-14(2)23(28)26-20(24(29)30)10-15-12-25-19-6-4-3-5-18(15)19/h3-9,11-12,14,20,25H,10H2,1-2H3,(H,26,28)(H,29,30)/p-1. The minimum absolute atomic E-state index is 0.0607. The van der Waals surface area contributed by atoms with E-state index in [2.05, 4.69) is 10.3 Å². The number of hydrogen-bond donors (Lipinski definition) is 2. The smallest absolute Gasteiger partial charge is 0.336 e. The zero-order chi connectivity index (χ0) is 22.8. The van der Waals surface area contributed by atoms with Crippen LogP contribution in [0, 0.1) is 6.92 Å². The Hall–Kier alpha value is -4.07. The summed E-state index contributed by atoms with van der Waals surface area (Å²) < 4.78 is 10.8. The number of benzene rings is 2. The topological polar surface area (TPSA) is 124 Å². The van der Waals surface area contributed by atoms with Gasteiger partial charge in [0.15, 0.2) is 6.10 Å². The van der Waals surface area contributed by atoms with Crippen molar-refractivity contribution in [1.29, 1.82) is 0 Å². The Bertz CT molecular complexity index is 1370. The highest BCUT2D eigenvalue weighted by molar-refractivity contribution is 5.88. The summed E-state index contributed by atoms with van der Waals surface area (Å²) in [5, 5.41) is 15.8. The third kappa shape index (κ3) is 4.34. The molecule has 8 heteroatoms. The van der Waals surface area contributed by atoms with Crippen LogP contribution in [0.15, 0.2) is 63.9 Å². The summed E-state index contributed by atoms with van der Waals surface area (Å²) in [6.45, 7) is 3.30. The molecule has 2 atom stereocenters. The molecule has 2 aromatic carbocycles. The number of carbonyl (C=O) groups is 2. The van der Waals surface area contributed by atoms with Gasteiger partial charge in [0, 0.05) is 41.0 Å². The highest BCUT2D eigenvalue weighted by Gasteiger charge is 2.21. The number of nitrogens with one attached hydrogen (secondary N) is 2. The predicted octanol–water partition coefficient (Wildman–Crippen LogP) is 1.83. The number of ether oxygens (including phenoxy) is 1. The number of para-hydroxylation sites is 1. The quantitative estimate of drug-likeness (QED) is 0.429. The molecule has 0 fully saturated rings. The first kappa shape index (κ1) is 21.2. The molecule has 2 heterocycles. The number of carboxylic acid groups (broad SMARTS) is 1. The molecule has 0 bridgehead atoms. The van der Waals surface area contributed by atoms with E-state index in [9.17, 15) is 19.5 Å². The number of hydrogen-bond acceptors (Lipinski definition) is 6. The summed E-state index contributed by atoms with van der Waals surface area (Å²) in [5.74, 6) is -1.68. The van der Waals surface area contributed by atoms with Crippen LogP contribution in [0.3, 0.4) is 0 Å². The molecule has 32 heavy (non-hydrogen) atoms. The van der Waals surface area contributed by atoms with E-state index in [0.29, 0.717) is 11.3 Å². The van der Waals surface area contributed by atoms with Crippen molar-refractivity contribution in [3.05, 3.63) is 76.3 Å². The van der Waals surface area contributed by atoms with Crippen molar-refractivity contribution in [2.24, 2.45) is 0 Å². The molecular formula is C24H21N2O6-. The molecule has 164 valence electrons. The van der Waals surface area contributed by atoms with Crippen LogP contribution in [0.1, 0.15) is 18.1 Å². The van der Waals surface area contributed by atoms with Gasteiger partial charge in [0.1, 0.15) is 11.3 Å². The Labute approximate surface area is 182 Å². The minimum atomic E-state index is -1.39. The van der Waals surface area contributed by atoms with Crippen LogP contribution < -0.4 is 20.8 Å². The highest BCUT2D eigenvalue weighted by Crippen LogP contribution is 2.23. The van der Waals surface area contributed by atoms with Gasteiger partial charge in [0.2, 0.25) is 0 Å². The number of aromatic nitrogens is 1. The molecule has 1 amide bonds. The second-order valence-corrected chi connectivity index (χ2v) is 7.61. The second kappa shape index (κ2) is 8.58. The molecule has 0 aliphatic heterocycles. The zero-order valence-corrected chi connectivity index (χ0v) is 17.5. The summed E-state index contributed by atoms with van der Waals surface area (Å²) >= 11 is 0. The average Bonchev–Trinajstić information content (AvgIpc) is 3.15. The number of fused-ring (bicyclic) bond motifs is 2. The zero-order valence-electron chi connectivity index (χ0n) is 17.5. The van der Waals surface area contributed by atoms with Gasteiger partial charge in [-0.25, -0.2) is 4.79 Å². The maximum Gasteiger partial charge on any atom is 0.336 e. The maximum atomic E-state index is 12.6. The van der Waals surface area contributed by atoms with Gasteiger partial charge in [0.05, 0.1) is 12.0 Å². The van der Waals surface area contributed by atoms with Crippen molar-refractivity contribution in [3.8, 4) is 5.75 Å². The van der Waals surface area contributed by atoms with Crippen LogP contribution in [-0.2, 0) is 16.0 Å². The number of carboxylic acids is 1. The van der Waals surface area contributed by atoms with Crippen molar-refractivity contribution in [3.63, 3.8) is 0 Å². The van der Waals surface area contributed by atoms with Gasteiger partial charge in [0.25, 0.3) is 5.91 Å². The lowest BCUT2D eigenvalue weighted by atomic mass is 10.0. The average molecular weight is 433 g/mol. The monoisotopic (exact) mass is 433 g/mol. The van der Waals surface area contributed by atoms with Crippen LogP contribution in [0.5, 0.6) is 5.75 Å². The lowest BCUT2D eigenvalue weighted by molar-refractivity contribution is -0.308. The Balaban J connectivity index is 1.47. The van der Waals surface area contributed by atoms with Gasteiger partial charge in [-0.3, -0.25) is 4.79 Å². The van der Waals surface area contributed by atoms with Crippen LogP contribution in [0.2, 0.25) is 0 Å². The first-order valence-corrected chi connectivity index (χ1v) is 10.1. The van der Waals surface area contributed by atoms with Crippen molar-refractivity contribution in [2.45, 2.75) is 32.4 Å². The van der Waals surface area contributed by atoms with E-state index in [1.165, 1.54) is 19.1 Å². The summed E-state index contributed by atoms with van der Waals surface area (Å²) in [7, 11) is 0. The van der Waals surface area contributed by atoms with E-state index in [-0.39, 0.29) is 6.42 Å². The highest BCUT2D eigenvalue weighted by atomic mass is 16.5. The van der Waals surface area contributed by atoms with Gasteiger partial charge < -0.3 is 29.4 Å². The minimum Gasteiger partial charge on any atom is -0.548 e. The molecule has 0 saturated carbocycles. The van der Waals surface area contributed by atoms with E-state index in [1.807, 2.05) is 24.3 Å². The van der Waals surface area contributed by atoms with E-state index in [0.717, 1.165) is 27.4 Å². The van der Waals surface area contributed by atoms with Crippen LogP contribution in [0.4, 0.5) is 0 Å². The maximum absolute atomic E-state index is 12.6. The Morgan fingerprint density at radius 2 is 1.94 bits per heavy atom. The molecule has 8 nitrogen and oxygen atoms in total. The van der Waals surface area contributed by atoms with Crippen molar-refractivity contribution in [1.82, 2.24) is 10.3 Å².